The van der Waals surface area contributed by atoms with Gasteiger partial charge >= 0.3 is 0 Å². The Bertz CT molecular complexity index is 1710. The minimum Gasteiger partial charge on any atom is -0.323 e. The summed E-state index contributed by atoms with van der Waals surface area (Å²) in [4.78, 5) is 43.3. The average molecular weight is 492 g/mol. The third-order valence-corrected chi connectivity index (χ3v) is 6.05. The van der Waals surface area contributed by atoms with E-state index in [1.165, 1.54) is 6.20 Å². The number of aryl methyl sites for hydroxylation is 3. The number of pyridine rings is 3. The maximum Gasteiger partial charge on any atom is 0.277 e. The number of benzene rings is 1. The van der Waals surface area contributed by atoms with Crippen LogP contribution in [0.3, 0.4) is 0 Å². The second kappa shape index (κ2) is 9.62. The summed E-state index contributed by atoms with van der Waals surface area (Å²) < 4.78 is 1.56. The highest BCUT2D eigenvalue weighted by molar-refractivity contribution is 6.04. The first-order valence-electron chi connectivity index (χ1n) is 11.7. The molecule has 0 saturated carbocycles. The number of hydrogen-bond donors (Lipinski definition) is 2. The molecule has 5 rings (SSSR count). The molecule has 4 heterocycles. The molecule has 0 atom stereocenters. The van der Waals surface area contributed by atoms with E-state index < -0.39 is 0 Å². The van der Waals surface area contributed by atoms with E-state index in [1.807, 2.05) is 57.2 Å². The average Bonchev–Trinajstić information content (AvgIpc) is 2.89. The van der Waals surface area contributed by atoms with Gasteiger partial charge in [0.15, 0.2) is 0 Å². The highest BCUT2D eigenvalue weighted by atomic mass is 16.1. The van der Waals surface area contributed by atoms with Gasteiger partial charge < -0.3 is 15.2 Å². The van der Waals surface area contributed by atoms with Crippen molar-refractivity contribution in [3.63, 3.8) is 0 Å². The van der Waals surface area contributed by atoms with E-state index >= 15 is 0 Å². The monoisotopic (exact) mass is 491 g/mol. The van der Waals surface area contributed by atoms with E-state index in [0.29, 0.717) is 33.8 Å². The molecule has 1 amide bonds. The highest BCUT2D eigenvalue weighted by Gasteiger charge is 2.15. The molecule has 0 saturated heterocycles. The number of carbonyl (C=O) groups excluding carboxylic acids is 1. The van der Waals surface area contributed by atoms with E-state index in [1.54, 1.807) is 36.3 Å². The predicted octanol–water partition coefficient (Wildman–Crippen LogP) is 4.71. The van der Waals surface area contributed by atoms with Gasteiger partial charge in [-0.3, -0.25) is 19.6 Å². The first kappa shape index (κ1) is 23.8. The van der Waals surface area contributed by atoms with Crippen LogP contribution in [0.4, 0.5) is 17.3 Å². The molecule has 5 aromatic rings. The van der Waals surface area contributed by atoms with Crippen molar-refractivity contribution >= 4 is 34.1 Å². The van der Waals surface area contributed by atoms with E-state index in [-0.39, 0.29) is 11.5 Å². The van der Waals surface area contributed by atoms with E-state index in [4.69, 9.17) is 0 Å². The Morgan fingerprint density at radius 3 is 2.46 bits per heavy atom. The Balaban J connectivity index is 1.49. The summed E-state index contributed by atoms with van der Waals surface area (Å²) >= 11 is 0. The Labute approximate surface area is 213 Å². The Morgan fingerprint density at radius 2 is 1.70 bits per heavy atom. The lowest BCUT2D eigenvalue weighted by atomic mass is 10.0. The van der Waals surface area contributed by atoms with Crippen molar-refractivity contribution in [1.29, 1.82) is 0 Å². The van der Waals surface area contributed by atoms with Crippen LogP contribution >= 0.6 is 0 Å². The summed E-state index contributed by atoms with van der Waals surface area (Å²) in [6.45, 7) is 5.75. The normalized spacial score (nSPS) is 10.9. The topological polar surface area (TPSA) is 115 Å². The third kappa shape index (κ3) is 4.92. The highest BCUT2D eigenvalue weighted by Crippen LogP contribution is 2.28. The van der Waals surface area contributed by atoms with Crippen molar-refractivity contribution in [2.75, 3.05) is 10.6 Å². The lowest BCUT2D eigenvalue weighted by Gasteiger charge is -2.15. The summed E-state index contributed by atoms with van der Waals surface area (Å²) in [7, 11) is 1.71. The van der Waals surface area contributed by atoms with Crippen LogP contribution in [-0.4, -0.2) is 30.4 Å². The van der Waals surface area contributed by atoms with Crippen LogP contribution in [-0.2, 0) is 7.05 Å². The SMILES string of the molecule is Cc1cncc(C(=O)Nc2ccc(C)c(-c3cc4cnc(Nc5ccc(C)nc5)nc4c(=O)n3C)c2)c1. The smallest absolute Gasteiger partial charge is 0.277 e. The Kier molecular flexibility index (Phi) is 6.19. The molecule has 184 valence electrons. The van der Waals surface area contributed by atoms with Gasteiger partial charge in [-0.05, 0) is 68.3 Å². The number of hydrogen-bond acceptors (Lipinski definition) is 7. The number of nitrogens with zero attached hydrogens (tertiary/aromatic N) is 5. The maximum absolute atomic E-state index is 13.3. The predicted molar refractivity (Wildman–Crippen MR) is 144 cm³/mol. The van der Waals surface area contributed by atoms with Crippen LogP contribution in [0.1, 0.15) is 27.2 Å². The number of fused-ring (bicyclic) bond motifs is 1. The number of carbonyl (C=O) groups is 1. The fraction of sp³-hybridized carbons (Fsp3) is 0.143. The minimum atomic E-state index is -0.254. The van der Waals surface area contributed by atoms with Crippen molar-refractivity contribution in [2.45, 2.75) is 20.8 Å². The first-order valence-corrected chi connectivity index (χ1v) is 11.7. The van der Waals surface area contributed by atoms with Crippen molar-refractivity contribution in [3.8, 4) is 11.3 Å². The standard InChI is InChI=1S/C28H25N7O2/c1-16-9-20(13-29-12-16)26(36)32-21-7-5-17(2)23(11-21)24-10-19-14-31-28(34-25(19)27(37)35(24)4)33-22-8-6-18(3)30-15-22/h5-15H,1-4H3,(H,32,36)(H,31,33,34). The number of anilines is 3. The molecular weight excluding hydrogens is 466 g/mol. The van der Waals surface area contributed by atoms with Crippen LogP contribution < -0.4 is 16.2 Å². The van der Waals surface area contributed by atoms with Crippen LogP contribution in [0.2, 0.25) is 0 Å². The molecule has 2 N–H and O–H groups in total. The molecule has 37 heavy (non-hydrogen) atoms. The zero-order valence-corrected chi connectivity index (χ0v) is 20.9. The van der Waals surface area contributed by atoms with Crippen molar-refractivity contribution in [2.24, 2.45) is 7.05 Å². The molecule has 0 spiro atoms. The molecule has 1 aromatic carbocycles. The number of amides is 1. The van der Waals surface area contributed by atoms with Gasteiger partial charge in [0.1, 0.15) is 5.52 Å². The summed E-state index contributed by atoms with van der Waals surface area (Å²) in [5.74, 6) is 0.0603. The minimum absolute atomic E-state index is 0.250. The maximum atomic E-state index is 13.3. The van der Waals surface area contributed by atoms with E-state index in [2.05, 4.69) is 30.6 Å². The van der Waals surface area contributed by atoms with Gasteiger partial charge in [0.2, 0.25) is 5.95 Å². The summed E-state index contributed by atoms with van der Waals surface area (Å²) in [5, 5.41) is 6.63. The quantitative estimate of drug-likeness (QED) is 0.366. The second-order valence-corrected chi connectivity index (χ2v) is 8.94. The largest absolute Gasteiger partial charge is 0.323 e. The molecule has 4 aromatic heterocycles. The van der Waals surface area contributed by atoms with E-state index in [0.717, 1.165) is 28.1 Å². The van der Waals surface area contributed by atoms with Gasteiger partial charge in [0, 0.05) is 48.0 Å². The fourth-order valence-electron chi connectivity index (χ4n) is 4.03. The van der Waals surface area contributed by atoms with Gasteiger partial charge in [-0.2, -0.15) is 0 Å². The van der Waals surface area contributed by atoms with Crippen LogP contribution in [0, 0.1) is 20.8 Å². The molecule has 0 aliphatic heterocycles. The molecule has 0 bridgehead atoms. The molecule has 9 heteroatoms. The van der Waals surface area contributed by atoms with Crippen LogP contribution in [0.15, 0.2) is 72.0 Å². The van der Waals surface area contributed by atoms with Crippen LogP contribution in [0.25, 0.3) is 22.2 Å². The van der Waals surface area contributed by atoms with Gasteiger partial charge in [0.25, 0.3) is 11.5 Å². The lowest BCUT2D eigenvalue weighted by Crippen LogP contribution is -2.20. The van der Waals surface area contributed by atoms with Crippen molar-refractivity contribution < 1.29 is 4.79 Å². The van der Waals surface area contributed by atoms with Crippen molar-refractivity contribution in [1.82, 2.24) is 24.5 Å². The summed E-state index contributed by atoms with van der Waals surface area (Å²) in [6, 6.07) is 13.0. The van der Waals surface area contributed by atoms with Gasteiger partial charge in [-0.25, -0.2) is 9.97 Å². The number of aromatic nitrogens is 5. The zero-order valence-electron chi connectivity index (χ0n) is 20.9. The van der Waals surface area contributed by atoms with Gasteiger partial charge in [-0.15, -0.1) is 0 Å². The zero-order chi connectivity index (χ0) is 26.1. The second-order valence-electron chi connectivity index (χ2n) is 8.94. The first-order chi connectivity index (χ1) is 17.8. The molecule has 0 aliphatic rings. The van der Waals surface area contributed by atoms with Gasteiger partial charge in [-0.1, -0.05) is 6.07 Å². The molecule has 0 fully saturated rings. The third-order valence-electron chi connectivity index (χ3n) is 6.05. The van der Waals surface area contributed by atoms with Gasteiger partial charge in [0.05, 0.1) is 23.1 Å². The van der Waals surface area contributed by atoms with Crippen LogP contribution in [0.5, 0.6) is 0 Å². The molecule has 0 aliphatic carbocycles. The molecular formula is C28H25N7O2. The Hall–Kier alpha value is -4.92. The number of rotatable bonds is 5. The molecule has 9 nitrogen and oxygen atoms in total. The molecule has 0 radical (unpaired) electrons. The fourth-order valence-corrected chi connectivity index (χ4v) is 4.03. The Morgan fingerprint density at radius 1 is 0.892 bits per heavy atom. The van der Waals surface area contributed by atoms with E-state index in [9.17, 15) is 9.59 Å². The summed E-state index contributed by atoms with van der Waals surface area (Å²) in [5.41, 5.74) is 6.13. The van der Waals surface area contributed by atoms with Crippen molar-refractivity contribution in [3.05, 3.63) is 100.0 Å². The molecule has 0 unspecified atom stereocenters. The lowest BCUT2D eigenvalue weighted by molar-refractivity contribution is 0.102. The number of nitrogens with one attached hydrogen (secondary N) is 2. The summed E-state index contributed by atoms with van der Waals surface area (Å²) in [6.07, 6.45) is 6.55.